The van der Waals surface area contributed by atoms with Gasteiger partial charge < -0.3 is 24.8 Å². The minimum absolute atomic E-state index is 0.0801. The van der Waals surface area contributed by atoms with Crippen LogP contribution in [0.3, 0.4) is 0 Å². The number of likely N-dealkylation sites (N-methyl/N-ethyl adjacent to an activating group) is 1. The molecule has 0 amide bonds. The number of carbonyl (C=O) groups is 2. The van der Waals surface area contributed by atoms with Crippen LogP contribution >= 0.6 is 11.5 Å². The van der Waals surface area contributed by atoms with Crippen molar-refractivity contribution in [3.05, 3.63) is 63.8 Å². The molecule has 0 saturated heterocycles. The quantitative estimate of drug-likeness (QED) is 0.292. The molecule has 12 heteroatoms. The van der Waals surface area contributed by atoms with Crippen LogP contribution in [0.25, 0.3) is 10.9 Å². The highest BCUT2D eigenvalue weighted by Crippen LogP contribution is 2.31. The van der Waals surface area contributed by atoms with Crippen molar-refractivity contribution in [3.8, 4) is 5.75 Å². The summed E-state index contributed by atoms with van der Waals surface area (Å²) in [5.74, 6) is 0.369. The van der Waals surface area contributed by atoms with Crippen LogP contribution in [0.2, 0.25) is 0 Å². The molecular formula is C28H34N6O5S. The number of fused-ring (bicyclic) bond motifs is 1. The van der Waals surface area contributed by atoms with Crippen LogP contribution in [0, 0.1) is 0 Å². The van der Waals surface area contributed by atoms with Crippen molar-refractivity contribution in [2.45, 2.75) is 45.8 Å². The molecule has 212 valence electrons. The van der Waals surface area contributed by atoms with Crippen molar-refractivity contribution in [2.24, 2.45) is 0 Å². The zero-order valence-electron chi connectivity index (χ0n) is 23.6. The smallest absolute Gasteiger partial charge is 0.435 e. The second-order valence-electron chi connectivity index (χ2n) is 10.5. The van der Waals surface area contributed by atoms with Crippen molar-refractivity contribution in [2.75, 3.05) is 33.5 Å². The molecule has 2 aromatic heterocycles. The Labute approximate surface area is 237 Å². The maximum Gasteiger partial charge on any atom is 0.435 e. The van der Waals surface area contributed by atoms with Crippen LogP contribution < -0.4 is 10.5 Å². The van der Waals surface area contributed by atoms with Gasteiger partial charge in [0.2, 0.25) is 5.95 Å². The van der Waals surface area contributed by atoms with E-state index in [1.54, 1.807) is 40.0 Å². The average molecular weight is 567 g/mol. The van der Waals surface area contributed by atoms with Crippen LogP contribution in [0.1, 0.15) is 53.0 Å². The van der Waals surface area contributed by atoms with Gasteiger partial charge in [0.15, 0.2) is 0 Å². The molecule has 4 aromatic rings. The molecule has 0 aliphatic heterocycles. The molecule has 0 fully saturated rings. The summed E-state index contributed by atoms with van der Waals surface area (Å²) in [5, 5.41) is 5.96. The van der Waals surface area contributed by atoms with Gasteiger partial charge in [0.25, 0.3) is 0 Å². The first-order valence-electron chi connectivity index (χ1n) is 12.7. The lowest BCUT2D eigenvalue weighted by Crippen LogP contribution is -2.27. The van der Waals surface area contributed by atoms with Gasteiger partial charge in [-0.1, -0.05) is 12.1 Å². The number of benzene rings is 2. The molecule has 2 aromatic carbocycles. The Hall–Kier alpha value is -4.03. The van der Waals surface area contributed by atoms with E-state index < -0.39 is 17.7 Å². The number of methoxy groups -OCH3 is 1. The van der Waals surface area contributed by atoms with Crippen LogP contribution in [-0.2, 0) is 28.9 Å². The van der Waals surface area contributed by atoms with Crippen LogP contribution in [0.5, 0.6) is 5.75 Å². The summed E-state index contributed by atoms with van der Waals surface area (Å²) in [5.41, 5.74) is 8.08. The number of ether oxygens (including phenoxy) is 3. The number of esters is 1. The largest absolute Gasteiger partial charge is 0.497 e. The molecule has 0 bridgehead atoms. The Morgan fingerprint density at radius 1 is 1.10 bits per heavy atom. The predicted molar refractivity (Wildman–Crippen MR) is 153 cm³/mol. The Balaban J connectivity index is 1.80. The van der Waals surface area contributed by atoms with Crippen molar-refractivity contribution < 1.29 is 23.8 Å². The molecule has 4 rings (SSSR count). The fraction of sp³-hybridized carbons (Fsp3) is 0.393. The van der Waals surface area contributed by atoms with Crippen molar-refractivity contribution in [1.29, 1.82) is 0 Å². The van der Waals surface area contributed by atoms with E-state index >= 15 is 0 Å². The maximum atomic E-state index is 13.5. The summed E-state index contributed by atoms with van der Waals surface area (Å²) >= 11 is 1.15. The summed E-state index contributed by atoms with van der Waals surface area (Å²) in [6, 6.07) is 10.6. The number of hydrogen-bond acceptors (Lipinski definition) is 11. The normalized spacial score (nSPS) is 11.7. The van der Waals surface area contributed by atoms with E-state index in [-0.39, 0.29) is 19.0 Å². The summed E-state index contributed by atoms with van der Waals surface area (Å²) in [4.78, 5) is 33.0. The summed E-state index contributed by atoms with van der Waals surface area (Å²) in [6.45, 7) is 6.15. The monoisotopic (exact) mass is 566 g/mol. The molecular weight excluding hydrogens is 532 g/mol. The predicted octanol–water partition coefficient (Wildman–Crippen LogP) is 4.31. The number of hydrogen-bond donors (Lipinski definition) is 1. The third-order valence-corrected chi connectivity index (χ3v) is 6.68. The lowest BCUT2D eigenvalue weighted by molar-refractivity contribution is 0.0470. The molecule has 40 heavy (non-hydrogen) atoms. The minimum atomic E-state index is -0.711. The second-order valence-corrected chi connectivity index (χ2v) is 11.4. The van der Waals surface area contributed by atoms with Gasteiger partial charge in [0.1, 0.15) is 23.0 Å². The summed E-state index contributed by atoms with van der Waals surface area (Å²) in [6.07, 6.45) is 0.192. The number of carbonyl (C=O) groups excluding carboxylic acids is 2. The first kappa shape index (κ1) is 29.0. The Bertz CT molecular complexity index is 1500. The minimum Gasteiger partial charge on any atom is -0.497 e. The van der Waals surface area contributed by atoms with E-state index in [0.29, 0.717) is 51.4 Å². The Morgan fingerprint density at radius 3 is 2.42 bits per heavy atom. The number of anilines is 1. The van der Waals surface area contributed by atoms with Gasteiger partial charge >= 0.3 is 12.1 Å². The third kappa shape index (κ3) is 6.93. The molecule has 2 heterocycles. The second kappa shape index (κ2) is 12.0. The van der Waals surface area contributed by atoms with Gasteiger partial charge in [-0.05, 0) is 81.8 Å². The lowest BCUT2D eigenvalue weighted by Gasteiger charge is -2.19. The first-order valence-corrected chi connectivity index (χ1v) is 13.5. The topological polar surface area (TPSA) is 135 Å². The molecule has 0 aliphatic carbocycles. The molecule has 0 aliphatic rings. The molecule has 0 unspecified atom stereocenters. The standard InChI is InChI=1S/C28H34N6O5S/c1-28(2,3)39-27(36)34-22-12-11-19(25(35)38-16-17-7-9-18(37-6)10-8-17)20(15-23-30-26(29)32-40-23)24(22)21(31-34)13-14-33(4)5/h7-12H,13-16H2,1-6H3,(H2,29,32). The van der Waals surface area contributed by atoms with Gasteiger partial charge in [-0.15, -0.1) is 0 Å². The maximum absolute atomic E-state index is 13.5. The van der Waals surface area contributed by atoms with Crippen molar-refractivity contribution >= 4 is 40.4 Å². The molecule has 11 nitrogen and oxygen atoms in total. The van der Waals surface area contributed by atoms with E-state index in [0.717, 1.165) is 17.1 Å². The fourth-order valence-corrected chi connectivity index (χ4v) is 4.70. The lowest BCUT2D eigenvalue weighted by atomic mass is 9.97. The molecule has 2 N–H and O–H groups in total. The van der Waals surface area contributed by atoms with Crippen LogP contribution in [0.4, 0.5) is 10.7 Å². The van der Waals surface area contributed by atoms with Gasteiger partial charge in [-0.3, -0.25) is 0 Å². The van der Waals surface area contributed by atoms with Gasteiger partial charge in [0.05, 0.1) is 23.9 Å². The number of nitrogens with two attached hydrogens (primary N) is 1. The zero-order chi connectivity index (χ0) is 29.0. The van der Waals surface area contributed by atoms with Crippen LogP contribution in [-0.4, -0.2) is 69.5 Å². The van der Waals surface area contributed by atoms with Crippen molar-refractivity contribution in [1.82, 2.24) is 24.0 Å². The molecule has 0 atom stereocenters. The highest BCUT2D eigenvalue weighted by Gasteiger charge is 2.27. The summed E-state index contributed by atoms with van der Waals surface area (Å²) in [7, 11) is 5.51. The number of rotatable bonds is 9. The fourth-order valence-electron chi connectivity index (χ4n) is 4.12. The average Bonchev–Trinajstić information content (AvgIpc) is 3.48. The molecule has 0 spiro atoms. The number of nitrogens with zero attached hydrogens (tertiary/aromatic N) is 5. The summed E-state index contributed by atoms with van der Waals surface area (Å²) < 4.78 is 21.9. The Kier molecular flexibility index (Phi) is 8.70. The van der Waals surface area contributed by atoms with E-state index in [2.05, 4.69) is 14.5 Å². The highest BCUT2D eigenvalue weighted by atomic mass is 32.1. The van der Waals surface area contributed by atoms with Gasteiger partial charge in [0, 0.05) is 24.8 Å². The number of aromatic nitrogens is 4. The Morgan fingerprint density at radius 2 is 1.82 bits per heavy atom. The van der Waals surface area contributed by atoms with E-state index in [9.17, 15) is 9.59 Å². The highest BCUT2D eigenvalue weighted by molar-refractivity contribution is 7.05. The SMILES string of the molecule is COc1ccc(COC(=O)c2ccc3c(c(CCN(C)C)nn3C(=O)OC(C)(C)C)c2Cc2nc(N)ns2)cc1. The molecule has 0 saturated carbocycles. The van der Waals surface area contributed by atoms with Gasteiger partial charge in [-0.25, -0.2) is 14.6 Å². The van der Waals surface area contributed by atoms with E-state index in [1.807, 2.05) is 43.3 Å². The van der Waals surface area contributed by atoms with E-state index in [4.69, 9.17) is 19.9 Å². The van der Waals surface area contributed by atoms with Gasteiger partial charge in [-0.2, -0.15) is 14.2 Å². The first-order chi connectivity index (χ1) is 18.9. The zero-order valence-corrected chi connectivity index (χ0v) is 24.4. The number of nitrogen functional groups attached to an aromatic ring is 1. The van der Waals surface area contributed by atoms with Crippen LogP contribution in [0.15, 0.2) is 36.4 Å². The molecule has 0 radical (unpaired) electrons. The third-order valence-electron chi connectivity index (χ3n) is 5.95. The van der Waals surface area contributed by atoms with Crippen molar-refractivity contribution in [3.63, 3.8) is 0 Å². The van der Waals surface area contributed by atoms with E-state index in [1.165, 1.54) is 4.68 Å².